The van der Waals surface area contributed by atoms with Crippen molar-refractivity contribution >= 4 is 5.69 Å². The van der Waals surface area contributed by atoms with E-state index >= 15 is 0 Å². The van der Waals surface area contributed by atoms with Gasteiger partial charge in [0, 0.05) is 12.3 Å². The first-order valence-corrected chi connectivity index (χ1v) is 5.17. The monoisotopic (exact) mass is 246 g/mol. The first-order chi connectivity index (χ1) is 8.70. The Morgan fingerprint density at radius 2 is 2.17 bits per heavy atom. The number of hydrogen-bond donors (Lipinski definition) is 1. The molecule has 0 fully saturated rings. The third-order valence-corrected chi connectivity index (χ3v) is 2.29. The molecule has 0 radical (unpaired) electrons. The maximum absolute atomic E-state index is 10.7. The lowest BCUT2D eigenvalue weighted by molar-refractivity contribution is -0.385. The third kappa shape index (κ3) is 2.61. The zero-order valence-corrected chi connectivity index (χ0v) is 9.31. The molecule has 0 atom stereocenters. The Balaban J connectivity index is 2.28. The fraction of sp³-hybridized carbons (Fsp3) is 0.0833. The second kappa shape index (κ2) is 5.24. The summed E-state index contributed by atoms with van der Waals surface area (Å²) in [5.74, 6) is 0.938. The molecule has 0 aliphatic carbocycles. The molecule has 0 aliphatic rings. The highest BCUT2D eigenvalue weighted by Crippen LogP contribution is 2.27. The normalized spacial score (nSPS) is 10.1. The van der Waals surface area contributed by atoms with Crippen LogP contribution in [0.25, 0.3) is 0 Å². The van der Waals surface area contributed by atoms with E-state index in [1.807, 2.05) is 0 Å². The van der Waals surface area contributed by atoms with E-state index in [2.05, 4.69) is 4.98 Å². The summed E-state index contributed by atoms with van der Waals surface area (Å²) >= 11 is 0. The van der Waals surface area contributed by atoms with Gasteiger partial charge in [0.05, 0.1) is 23.3 Å². The highest BCUT2D eigenvalue weighted by molar-refractivity contribution is 5.45. The van der Waals surface area contributed by atoms with Gasteiger partial charge >= 0.3 is 0 Å². The molecule has 0 amide bonds. The molecular weight excluding hydrogens is 236 g/mol. The zero-order valence-electron chi connectivity index (χ0n) is 9.31. The summed E-state index contributed by atoms with van der Waals surface area (Å²) in [5.41, 5.74) is 0.0810. The van der Waals surface area contributed by atoms with Crippen LogP contribution in [-0.2, 0) is 6.61 Å². The molecule has 92 valence electrons. The smallest absolute Gasteiger partial charge is 0.275 e. The Morgan fingerprint density at radius 1 is 1.33 bits per heavy atom. The lowest BCUT2D eigenvalue weighted by Crippen LogP contribution is -1.96. The molecule has 0 aliphatic heterocycles. The summed E-state index contributed by atoms with van der Waals surface area (Å²) in [6.07, 6.45) is 3.14. The molecule has 0 bridgehead atoms. The molecule has 1 aromatic carbocycles. The van der Waals surface area contributed by atoms with Crippen LogP contribution in [0.2, 0.25) is 0 Å². The van der Waals surface area contributed by atoms with Crippen LogP contribution in [0.5, 0.6) is 11.5 Å². The van der Waals surface area contributed by atoms with Crippen molar-refractivity contribution in [3.63, 3.8) is 0 Å². The summed E-state index contributed by atoms with van der Waals surface area (Å²) < 4.78 is 5.46. The number of aromatic nitrogens is 1. The van der Waals surface area contributed by atoms with Crippen molar-refractivity contribution in [3.8, 4) is 11.5 Å². The van der Waals surface area contributed by atoms with Gasteiger partial charge in [-0.05, 0) is 24.3 Å². The molecule has 1 aromatic heterocycles. The van der Waals surface area contributed by atoms with Gasteiger partial charge in [-0.25, -0.2) is 0 Å². The highest BCUT2D eigenvalue weighted by atomic mass is 16.6. The summed E-state index contributed by atoms with van der Waals surface area (Å²) in [5, 5.41) is 19.8. The number of nitro benzene ring substituents is 1. The summed E-state index contributed by atoms with van der Waals surface area (Å²) in [7, 11) is 0. The number of aliphatic hydroxyl groups is 1. The Hall–Kier alpha value is -2.47. The number of ether oxygens (including phenoxy) is 1. The van der Waals surface area contributed by atoms with Gasteiger partial charge in [-0.1, -0.05) is 0 Å². The number of rotatable bonds is 4. The quantitative estimate of drug-likeness (QED) is 0.660. The van der Waals surface area contributed by atoms with Crippen LogP contribution in [0.15, 0.2) is 42.7 Å². The zero-order chi connectivity index (χ0) is 13.0. The number of nitro groups is 1. The molecule has 6 heteroatoms. The standard InChI is InChI=1S/C12H10N2O4/c15-8-9-6-10(3-4-12(9)14(16)17)18-11-2-1-5-13-7-11/h1-7,15H,8H2. The molecule has 18 heavy (non-hydrogen) atoms. The van der Waals surface area contributed by atoms with E-state index in [4.69, 9.17) is 9.84 Å². The first-order valence-electron chi connectivity index (χ1n) is 5.17. The van der Waals surface area contributed by atoms with Crippen molar-refractivity contribution in [2.24, 2.45) is 0 Å². The summed E-state index contributed by atoms with van der Waals surface area (Å²) in [6.45, 7) is -0.416. The van der Waals surface area contributed by atoms with Crippen molar-refractivity contribution in [1.82, 2.24) is 4.98 Å². The summed E-state index contributed by atoms with van der Waals surface area (Å²) in [6, 6.07) is 7.65. The fourth-order valence-electron chi connectivity index (χ4n) is 1.47. The molecule has 0 saturated heterocycles. The highest BCUT2D eigenvalue weighted by Gasteiger charge is 2.13. The van der Waals surface area contributed by atoms with Crippen LogP contribution >= 0.6 is 0 Å². The Bertz CT molecular complexity index is 557. The number of pyridine rings is 1. The first kappa shape index (κ1) is 12.0. The van der Waals surface area contributed by atoms with Crippen LogP contribution in [0.1, 0.15) is 5.56 Å². The van der Waals surface area contributed by atoms with E-state index in [9.17, 15) is 10.1 Å². The molecule has 6 nitrogen and oxygen atoms in total. The number of hydrogen-bond acceptors (Lipinski definition) is 5. The topological polar surface area (TPSA) is 85.5 Å². The fourth-order valence-corrected chi connectivity index (χ4v) is 1.47. The minimum Gasteiger partial charge on any atom is -0.456 e. The maximum Gasteiger partial charge on any atom is 0.275 e. The van der Waals surface area contributed by atoms with Crippen LogP contribution in [0, 0.1) is 10.1 Å². The van der Waals surface area contributed by atoms with Gasteiger partial charge in [-0.2, -0.15) is 0 Å². The van der Waals surface area contributed by atoms with E-state index in [1.165, 1.54) is 24.4 Å². The van der Waals surface area contributed by atoms with E-state index in [-0.39, 0.29) is 11.3 Å². The van der Waals surface area contributed by atoms with E-state index in [0.717, 1.165) is 0 Å². The van der Waals surface area contributed by atoms with Crippen LogP contribution in [-0.4, -0.2) is 15.0 Å². The molecule has 0 unspecified atom stereocenters. The van der Waals surface area contributed by atoms with Crippen molar-refractivity contribution in [1.29, 1.82) is 0 Å². The van der Waals surface area contributed by atoms with Crippen LogP contribution in [0.3, 0.4) is 0 Å². The Labute approximate surface area is 103 Å². The molecule has 0 spiro atoms. The predicted octanol–water partition coefficient (Wildman–Crippen LogP) is 2.27. The molecule has 2 rings (SSSR count). The van der Waals surface area contributed by atoms with Crippen LogP contribution < -0.4 is 4.74 Å². The van der Waals surface area contributed by atoms with Gasteiger partial charge in [-0.15, -0.1) is 0 Å². The van der Waals surface area contributed by atoms with E-state index in [1.54, 1.807) is 18.3 Å². The molecule has 1 heterocycles. The molecule has 2 aromatic rings. The van der Waals surface area contributed by atoms with Gasteiger partial charge in [-0.3, -0.25) is 15.1 Å². The van der Waals surface area contributed by atoms with Gasteiger partial charge in [0.2, 0.25) is 0 Å². The minimum absolute atomic E-state index is 0.129. The van der Waals surface area contributed by atoms with Gasteiger partial charge in [0.1, 0.15) is 11.5 Å². The van der Waals surface area contributed by atoms with Crippen molar-refractivity contribution in [3.05, 3.63) is 58.4 Å². The average molecular weight is 246 g/mol. The lowest BCUT2D eigenvalue weighted by atomic mass is 10.2. The number of benzene rings is 1. The third-order valence-electron chi connectivity index (χ3n) is 2.29. The van der Waals surface area contributed by atoms with Crippen molar-refractivity contribution < 1.29 is 14.8 Å². The molecule has 0 saturated carbocycles. The minimum atomic E-state index is -0.542. The SMILES string of the molecule is O=[N+]([O-])c1ccc(Oc2cccnc2)cc1CO. The summed E-state index contributed by atoms with van der Waals surface area (Å²) in [4.78, 5) is 14.0. The van der Waals surface area contributed by atoms with Gasteiger partial charge in [0.15, 0.2) is 0 Å². The van der Waals surface area contributed by atoms with Crippen LogP contribution in [0.4, 0.5) is 5.69 Å². The van der Waals surface area contributed by atoms with Gasteiger partial charge in [0.25, 0.3) is 5.69 Å². The number of nitrogens with zero attached hydrogens (tertiary/aromatic N) is 2. The largest absolute Gasteiger partial charge is 0.456 e. The number of aliphatic hydroxyl groups excluding tert-OH is 1. The second-order valence-corrected chi connectivity index (χ2v) is 3.50. The van der Waals surface area contributed by atoms with E-state index < -0.39 is 11.5 Å². The lowest BCUT2D eigenvalue weighted by Gasteiger charge is -2.06. The average Bonchev–Trinajstić information content (AvgIpc) is 2.39. The van der Waals surface area contributed by atoms with Crippen molar-refractivity contribution in [2.75, 3.05) is 0 Å². The molecular formula is C12H10N2O4. The predicted molar refractivity (Wildman–Crippen MR) is 63.3 cm³/mol. The molecule has 1 N–H and O–H groups in total. The maximum atomic E-state index is 10.7. The van der Waals surface area contributed by atoms with Crippen molar-refractivity contribution in [2.45, 2.75) is 6.61 Å². The Kier molecular flexibility index (Phi) is 3.49. The Morgan fingerprint density at radius 3 is 2.78 bits per heavy atom. The second-order valence-electron chi connectivity index (χ2n) is 3.50. The van der Waals surface area contributed by atoms with Gasteiger partial charge < -0.3 is 9.84 Å². The van der Waals surface area contributed by atoms with E-state index in [0.29, 0.717) is 11.5 Å².